The SMILES string of the molecule is COc1ccc(C)cc1-c1csc2nc(-c3ccncc3)[nH]c(=O)c12. The minimum Gasteiger partial charge on any atom is -0.496 e. The highest BCUT2D eigenvalue weighted by molar-refractivity contribution is 7.17. The topological polar surface area (TPSA) is 67.9 Å². The van der Waals surface area contributed by atoms with Crippen LogP contribution >= 0.6 is 11.3 Å². The van der Waals surface area contributed by atoms with Gasteiger partial charge < -0.3 is 9.72 Å². The van der Waals surface area contributed by atoms with Crippen molar-refractivity contribution in [1.29, 1.82) is 0 Å². The van der Waals surface area contributed by atoms with E-state index in [0.29, 0.717) is 16.0 Å². The van der Waals surface area contributed by atoms with E-state index in [2.05, 4.69) is 15.0 Å². The molecule has 0 atom stereocenters. The molecule has 0 saturated carbocycles. The molecule has 25 heavy (non-hydrogen) atoms. The van der Waals surface area contributed by atoms with Gasteiger partial charge in [-0.25, -0.2) is 4.98 Å². The van der Waals surface area contributed by atoms with Gasteiger partial charge in [0, 0.05) is 34.5 Å². The van der Waals surface area contributed by atoms with Crippen molar-refractivity contribution in [3.05, 3.63) is 64.0 Å². The standard InChI is InChI=1S/C19H15N3O2S/c1-11-3-4-15(24-2)13(9-11)14-10-25-19-16(14)18(23)21-17(22-19)12-5-7-20-8-6-12/h3-10H,1-2H3,(H,21,22,23). The molecule has 6 heteroatoms. The van der Waals surface area contributed by atoms with Crippen molar-refractivity contribution in [3.8, 4) is 28.3 Å². The first-order valence-corrected chi connectivity index (χ1v) is 8.62. The molecule has 0 aliphatic heterocycles. The quantitative estimate of drug-likeness (QED) is 0.606. The van der Waals surface area contributed by atoms with Crippen LogP contribution in [0, 0.1) is 6.92 Å². The Morgan fingerprint density at radius 3 is 2.68 bits per heavy atom. The Labute approximate surface area is 148 Å². The Morgan fingerprint density at radius 1 is 1.12 bits per heavy atom. The molecule has 0 saturated heterocycles. The minimum absolute atomic E-state index is 0.156. The summed E-state index contributed by atoms with van der Waals surface area (Å²) in [6, 6.07) is 9.57. The van der Waals surface area contributed by atoms with Gasteiger partial charge in [-0.05, 0) is 31.2 Å². The fraction of sp³-hybridized carbons (Fsp3) is 0.105. The van der Waals surface area contributed by atoms with Gasteiger partial charge in [-0.3, -0.25) is 9.78 Å². The molecule has 0 fully saturated rings. The molecular weight excluding hydrogens is 334 g/mol. The van der Waals surface area contributed by atoms with Crippen molar-refractivity contribution in [2.24, 2.45) is 0 Å². The maximum atomic E-state index is 12.8. The highest BCUT2D eigenvalue weighted by atomic mass is 32.1. The van der Waals surface area contributed by atoms with Crippen molar-refractivity contribution in [1.82, 2.24) is 15.0 Å². The number of fused-ring (bicyclic) bond motifs is 1. The average Bonchev–Trinajstić information content (AvgIpc) is 3.07. The van der Waals surface area contributed by atoms with Crippen LogP contribution in [0.15, 0.2) is 52.9 Å². The van der Waals surface area contributed by atoms with Crippen molar-refractivity contribution in [2.75, 3.05) is 7.11 Å². The zero-order chi connectivity index (χ0) is 17.4. The number of hydrogen-bond donors (Lipinski definition) is 1. The predicted octanol–water partition coefficient (Wildman–Crippen LogP) is 4.03. The van der Waals surface area contributed by atoms with Crippen LogP contribution in [0.1, 0.15) is 5.56 Å². The zero-order valence-electron chi connectivity index (χ0n) is 13.7. The van der Waals surface area contributed by atoms with Gasteiger partial charge >= 0.3 is 0 Å². The van der Waals surface area contributed by atoms with E-state index in [1.54, 1.807) is 19.5 Å². The number of aromatic nitrogens is 3. The number of rotatable bonds is 3. The second-order valence-corrected chi connectivity index (χ2v) is 6.54. The number of aromatic amines is 1. The third kappa shape index (κ3) is 2.70. The van der Waals surface area contributed by atoms with Crippen LogP contribution < -0.4 is 10.3 Å². The van der Waals surface area contributed by atoms with Gasteiger partial charge in [-0.1, -0.05) is 11.6 Å². The van der Waals surface area contributed by atoms with E-state index in [4.69, 9.17) is 4.74 Å². The van der Waals surface area contributed by atoms with E-state index in [1.807, 2.05) is 42.6 Å². The van der Waals surface area contributed by atoms with Crippen LogP contribution in [0.2, 0.25) is 0 Å². The summed E-state index contributed by atoms with van der Waals surface area (Å²) in [5.41, 5.74) is 3.52. The highest BCUT2D eigenvalue weighted by Gasteiger charge is 2.16. The summed E-state index contributed by atoms with van der Waals surface area (Å²) in [4.78, 5) is 25.0. The number of pyridine rings is 1. The van der Waals surface area contributed by atoms with Crippen LogP contribution in [0.3, 0.4) is 0 Å². The Hall–Kier alpha value is -2.99. The lowest BCUT2D eigenvalue weighted by Crippen LogP contribution is -2.09. The number of nitrogens with zero attached hydrogens (tertiary/aromatic N) is 2. The molecule has 0 bridgehead atoms. The van der Waals surface area contributed by atoms with Crippen LogP contribution in [0.25, 0.3) is 32.7 Å². The lowest BCUT2D eigenvalue weighted by Gasteiger charge is -2.08. The van der Waals surface area contributed by atoms with Gasteiger partial charge in [-0.15, -0.1) is 11.3 Å². The second-order valence-electron chi connectivity index (χ2n) is 5.68. The number of methoxy groups -OCH3 is 1. The first kappa shape index (κ1) is 15.5. The fourth-order valence-electron chi connectivity index (χ4n) is 2.83. The second kappa shape index (κ2) is 6.14. The molecule has 3 heterocycles. The number of nitrogens with one attached hydrogen (secondary N) is 1. The van der Waals surface area contributed by atoms with Crippen LogP contribution in [-0.4, -0.2) is 22.1 Å². The van der Waals surface area contributed by atoms with Crippen molar-refractivity contribution in [3.63, 3.8) is 0 Å². The first-order chi connectivity index (χ1) is 12.2. The molecule has 0 aliphatic carbocycles. The summed E-state index contributed by atoms with van der Waals surface area (Å²) in [6.45, 7) is 2.02. The highest BCUT2D eigenvalue weighted by Crippen LogP contribution is 2.37. The Balaban J connectivity index is 1.95. The molecule has 1 aromatic carbocycles. The predicted molar refractivity (Wildman–Crippen MR) is 100 cm³/mol. The Kier molecular flexibility index (Phi) is 3.82. The normalized spacial score (nSPS) is 11.0. The molecule has 5 nitrogen and oxygen atoms in total. The van der Waals surface area contributed by atoms with E-state index in [9.17, 15) is 4.79 Å². The lowest BCUT2D eigenvalue weighted by atomic mass is 10.0. The van der Waals surface area contributed by atoms with Gasteiger partial charge in [0.25, 0.3) is 5.56 Å². The van der Waals surface area contributed by atoms with Gasteiger partial charge in [-0.2, -0.15) is 0 Å². The number of aryl methyl sites for hydroxylation is 1. The summed E-state index contributed by atoms with van der Waals surface area (Å²) < 4.78 is 5.47. The molecule has 4 rings (SSSR count). The Bertz CT molecular complexity index is 1120. The molecular formula is C19H15N3O2S. The Morgan fingerprint density at radius 2 is 1.92 bits per heavy atom. The number of ether oxygens (including phenoxy) is 1. The minimum atomic E-state index is -0.156. The van der Waals surface area contributed by atoms with Gasteiger partial charge in [0.05, 0.1) is 12.5 Å². The van der Waals surface area contributed by atoms with E-state index >= 15 is 0 Å². The molecule has 1 N–H and O–H groups in total. The zero-order valence-corrected chi connectivity index (χ0v) is 14.6. The van der Waals surface area contributed by atoms with Crippen molar-refractivity contribution >= 4 is 21.6 Å². The molecule has 124 valence electrons. The van der Waals surface area contributed by atoms with Gasteiger partial charge in [0.15, 0.2) is 0 Å². The number of benzene rings is 1. The number of thiophene rings is 1. The third-order valence-corrected chi connectivity index (χ3v) is 4.92. The summed E-state index contributed by atoms with van der Waals surface area (Å²) >= 11 is 1.45. The summed E-state index contributed by atoms with van der Waals surface area (Å²) in [5, 5.41) is 2.55. The monoisotopic (exact) mass is 349 g/mol. The van der Waals surface area contributed by atoms with E-state index in [0.717, 1.165) is 28.0 Å². The summed E-state index contributed by atoms with van der Waals surface area (Å²) in [5.74, 6) is 1.28. The molecule has 0 unspecified atom stereocenters. The first-order valence-electron chi connectivity index (χ1n) is 7.74. The van der Waals surface area contributed by atoms with Crippen molar-refractivity contribution in [2.45, 2.75) is 6.92 Å². The lowest BCUT2D eigenvalue weighted by molar-refractivity contribution is 0.416. The maximum absolute atomic E-state index is 12.8. The number of H-pyrrole nitrogens is 1. The summed E-state index contributed by atoms with van der Waals surface area (Å²) in [7, 11) is 1.63. The number of hydrogen-bond acceptors (Lipinski definition) is 5. The molecule has 3 aromatic heterocycles. The maximum Gasteiger partial charge on any atom is 0.260 e. The van der Waals surface area contributed by atoms with Crippen molar-refractivity contribution < 1.29 is 4.74 Å². The van der Waals surface area contributed by atoms with Crippen LogP contribution in [0.5, 0.6) is 5.75 Å². The molecule has 0 radical (unpaired) electrons. The largest absolute Gasteiger partial charge is 0.496 e. The molecule has 0 aliphatic rings. The van der Waals surface area contributed by atoms with E-state index < -0.39 is 0 Å². The molecule has 0 amide bonds. The molecule has 0 spiro atoms. The molecule has 4 aromatic rings. The van der Waals surface area contributed by atoms with Gasteiger partial charge in [0.2, 0.25) is 0 Å². The van der Waals surface area contributed by atoms with Gasteiger partial charge in [0.1, 0.15) is 16.4 Å². The van der Waals surface area contributed by atoms with E-state index in [-0.39, 0.29) is 5.56 Å². The van der Waals surface area contributed by atoms with Crippen LogP contribution in [-0.2, 0) is 0 Å². The fourth-order valence-corrected chi connectivity index (χ4v) is 3.76. The van der Waals surface area contributed by atoms with E-state index in [1.165, 1.54) is 11.3 Å². The third-order valence-electron chi connectivity index (χ3n) is 4.04. The average molecular weight is 349 g/mol. The van der Waals surface area contributed by atoms with Crippen LogP contribution in [0.4, 0.5) is 0 Å². The summed E-state index contributed by atoms with van der Waals surface area (Å²) in [6.07, 6.45) is 3.36. The smallest absolute Gasteiger partial charge is 0.260 e.